The topological polar surface area (TPSA) is 113 Å². The molecule has 0 aliphatic heterocycles. The number of carbonyl (C=O) groups is 1. The molecule has 4 rings (SSSR count). The second-order valence-electron chi connectivity index (χ2n) is 8.10. The van der Waals surface area contributed by atoms with Gasteiger partial charge in [0.05, 0.1) is 25.0 Å². The molecule has 0 saturated heterocycles. The Balaban J connectivity index is 1.24. The van der Waals surface area contributed by atoms with Crippen LogP contribution in [0.3, 0.4) is 0 Å². The number of nitrogens with one attached hydrogen (secondary N) is 4. The number of hydrogen-bond donors (Lipinski definition) is 4. The van der Waals surface area contributed by atoms with E-state index in [0.717, 1.165) is 11.9 Å². The molecule has 2 aromatic heterocycles. The fourth-order valence-electron chi connectivity index (χ4n) is 3.29. The number of rotatable bonds is 12. The van der Waals surface area contributed by atoms with Gasteiger partial charge in [-0.3, -0.25) is 9.78 Å². The SMILES string of the molecule is C=CC(=O)Nc1cccc(Nc2nc(Nc3ccc(OCCSC(=S)NCc4ccccn4)cc3)ncc2F)c1. The van der Waals surface area contributed by atoms with Gasteiger partial charge in [-0.15, -0.1) is 0 Å². The molecule has 4 N–H and O–H groups in total. The first-order chi connectivity index (χ1) is 19.5. The molecule has 0 saturated carbocycles. The zero-order chi connectivity index (χ0) is 28.2. The Kier molecular flexibility index (Phi) is 10.4. The molecular formula is C28H26FN7O2S2. The fourth-order valence-corrected chi connectivity index (χ4v) is 4.14. The molecule has 0 radical (unpaired) electrons. The molecule has 12 heteroatoms. The average molecular weight is 576 g/mol. The lowest BCUT2D eigenvalue weighted by atomic mass is 10.2. The van der Waals surface area contributed by atoms with Crippen LogP contribution in [0.1, 0.15) is 5.69 Å². The molecule has 2 aromatic carbocycles. The Morgan fingerprint density at radius 1 is 1.02 bits per heavy atom. The van der Waals surface area contributed by atoms with Crippen LogP contribution in [-0.2, 0) is 11.3 Å². The summed E-state index contributed by atoms with van der Waals surface area (Å²) in [5.41, 5.74) is 2.70. The van der Waals surface area contributed by atoms with Crippen molar-refractivity contribution in [1.82, 2.24) is 20.3 Å². The molecule has 40 heavy (non-hydrogen) atoms. The third-order valence-electron chi connectivity index (χ3n) is 5.16. The van der Waals surface area contributed by atoms with Crippen LogP contribution in [0.5, 0.6) is 5.75 Å². The first-order valence-electron chi connectivity index (χ1n) is 12.1. The summed E-state index contributed by atoms with van der Waals surface area (Å²) in [6.45, 7) is 4.49. The zero-order valence-electron chi connectivity index (χ0n) is 21.3. The first-order valence-corrected chi connectivity index (χ1v) is 13.5. The average Bonchev–Trinajstić information content (AvgIpc) is 2.97. The van der Waals surface area contributed by atoms with E-state index in [1.165, 1.54) is 17.8 Å². The number of anilines is 5. The molecule has 0 aliphatic carbocycles. The van der Waals surface area contributed by atoms with E-state index in [1.54, 1.807) is 30.5 Å². The standard InChI is InChI=1S/C28H26FN7O2S2/c1-2-25(37)33-20-7-5-8-21(16-20)34-26-24(29)18-31-27(36-26)35-19-9-11-23(12-10-19)38-14-15-40-28(39)32-17-22-6-3-4-13-30-22/h2-13,16,18H,1,14-15,17H2,(H,32,39)(H,33,37)(H2,31,34,35,36). The number of thioether (sulfide) groups is 1. The highest BCUT2D eigenvalue weighted by Gasteiger charge is 2.09. The van der Waals surface area contributed by atoms with Crippen molar-refractivity contribution in [2.45, 2.75) is 6.54 Å². The van der Waals surface area contributed by atoms with Gasteiger partial charge in [-0.05, 0) is 60.7 Å². The predicted octanol–water partition coefficient (Wildman–Crippen LogP) is 5.81. The van der Waals surface area contributed by atoms with Crippen molar-refractivity contribution < 1.29 is 13.9 Å². The van der Waals surface area contributed by atoms with Crippen molar-refractivity contribution in [1.29, 1.82) is 0 Å². The van der Waals surface area contributed by atoms with Crippen molar-refractivity contribution in [3.8, 4) is 5.75 Å². The molecule has 204 valence electrons. The van der Waals surface area contributed by atoms with Gasteiger partial charge < -0.3 is 26.0 Å². The molecule has 0 spiro atoms. The number of hydrogen-bond acceptors (Lipinski definition) is 9. The number of amides is 1. The highest BCUT2D eigenvalue weighted by molar-refractivity contribution is 8.22. The Hall–Kier alpha value is -4.55. The Morgan fingerprint density at radius 3 is 2.62 bits per heavy atom. The van der Waals surface area contributed by atoms with Gasteiger partial charge in [0, 0.05) is 29.0 Å². The summed E-state index contributed by atoms with van der Waals surface area (Å²) in [4.78, 5) is 24.0. The molecule has 2 heterocycles. The van der Waals surface area contributed by atoms with Crippen LogP contribution >= 0.6 is 24.0 Å². The zero-order valence-corrected chi connectivity index (χ0v) is 22.9. The number of carbonyl (C=O) groups excluding carboxylic acids is 1. The summed E-state index contributed by atoms with van der Waals surface area (Å²) in [6, 6.07) is 19.8. The van der Waals surface area contributed by atoms with Crippen LogP contribution in [0.2, 0.25) is 0 Å². The fraction of sp³-hybridized carbons (Fsp3) is 0.107. The normalized spacial score (nSPS) is 10.3. The maximum absolute atomic E-state index is 14.4. The van der Waals surface area contributed by atoms with E-state index in [4.69, 9.17) is 17.0 Å². The van der Waals surface area contributed by atoms with Crippen molar-refractivity contribution in [2.24, 2.45) is 0 Å². The summed E-state index contributed by atoms with van der Waals surface area (Å²) in [5.74, 6) is 0.604. The summed E-state index contributed by atoms with van der Waals surface area (Å²) in [5, 5.41) is 11.8. The van der Waals surface area contributed by atoms with Gasteiger partial charge in [0.2, 0.25) is 11.9 Å². The largest absolute Gasteiger partial charge is 0.493 e. The van der Waals surface area contributed by atoms with Crippen molar-refractivity contribution in [2.75, 3.05) is 28.3 Å². The number of thiocarbonyl (C=S) groups is 1. The summed E-state index contributed by atoms with van der Waals surface area (Å²) in [7, 11) is 0. The predicted molar refractivity (Wildman–Crippen MR) is 162 cm³/mol. The molecule has 0 atom stereocenters. The van der Waals surface area contributed by atoms with Gasteiger partial charge in [-0.2, -0.15) is 4.98 Å². The molecule has 4 aromatic rings. The molecular weight excluding hydrogens is 549 g/mol. The minimum Gasteiger partial charge on any atom is -0.493 e. The van der Waals surface area contributed by atoms with Crippen LogP contribution in [0.25, 0.3) is 0 Å². The number of benzene rings is 2. The van der Waals surface area contributed by atoms with Crippen molar-refractivity contribution in [3.05, 3.63) is 103 Å². The van der Waals surface area contributed by atoms with E-state index in [9.17, 15) is 9.18 Å². The van der Waals surface area contributed by atoms with Gasteiger partial charge in [-0.25, -0.2) is 9.37 Å². The maximum Gasteiger partial charge on any atom is 0.247 e. The van der Waals surface area contributed by atoms with Crippen LogP contribution in [0, 0.1) is 5.82 Å². The lowest BCUT2D eigenvalue weighted by Crippen LogP contribution is -2.19. The number of nitrogens with zero attached hydrogens (tertiary/aromatic N) is 3. The van der Waals surface area contributed by atoms with E-state index in [2.05, 4.69) is 42.8 Å². The molecule has 0 unspecified atom stereocenters. The smallest absolute Gasteiger partial charge is 0.247 e. The molecule has 9 nitrogen and oxygen atoms in total. The van der Waals surface area contributed by atoms with Crippen molar-refractivity contribution in [3.63, 3.8) is 0 Å². The third-order valence-corrected chi connectivity index (χ3v) is 6.43. The molecule has 1 amide bonds. The Morgan fingerprint density at radius 2 is 1.85 bits per heavy atom. The second kappa shape index (κ2) is 14.6. The quantitative estimate of drug-likeness (QED) is 0.0938. The van der Waals surface area contributed by atoms with E-state index >= 15 is 0 Å². The number of aromatic nitrogens is 3. The van der Waals surface area contributed by atoms with Gasteiger partial charge in [0.15, 0.2) is 11.6 Å². The van der Waals surface area contributed by atoms with Crippen LogP contribution in [0.15, 0.2) is 91.8 Å². The molecule has 0 aliphatic rings. The van der Waals surface area contributed by atoms with Gasteiger partial charge in [0.1, 0.15) is 10.1 Å². The van der Waals surface area contributed by atoms with Gasteiger partial charge in [0.25, 0.3) is 0 Å². The minimum absolute atomic E-state index is 0.0189. The molecule has 0 bridgehead atoms. The second-order valence-corrected chi connectivity index (χ2v) is 9.87. The van der Waals surface area contributed by atoms with Crippen LogP contribution in [0.4, 0.5) is 33.2 Å². The summed E-state index contributed by atoms with van der Waals surface area (Å²) >= 11 is 6.85. The third kappa shape index (κ3) is 9.03. The monoisotopic (exact) mass is 575 g/mol. The lowest BCUT2D eigenvalue weighted by Gasteiger charge is -2.11. The summed E-state index contributed by atoms with van der Waals surface area (Å²) < 4.78 is 20.9. The van der Waals surface area contributed by atoms with E-state index in [1.807, 2.05) is 42.5 Å². The maximum atomic E-state index is 14.4. The number of ether oxygens (including phenoxy) is 1. The Bertz CT molecular complexity index is 1460. The lowest BCUT2D eigenvalue weighted by molar-refractivity contribution is -0.111. The van der Waals surface area contributed by atoms with E-state index < -0.39 is 5.82 Å². The molecule has 0 fully saturated rings. The van der Waals surface area contributed by atoms with Crippen LogP contribution in [-0.4, -0.2) is 37.5 Å². The number of pyridine rings is 1. The highest BCUT2D eigenvalue weighted by Crippen LogP contribution is 2.23. The van der Waals surface area contributed by atoms with Gasteiger partial charge in [-0.1, -0.05) is 42.7 Å². The van der Waals surface area contributed by atoms with E-state index in [0.29, 0.717) is 46.0 Å². The van der Waals surface area contributed by atoms with Gasteiger partial charge >= 0.3 is 0 Å². The number of halogens is 1. The minimum atomic E-state index is -0.626. The van der Waals surface area contributed by atoms with E-state index in [-0.39, 0.29) is 17.7 Å². The highest BCUT2D eigenvalue weighted by atomic mass is 32.2. The summed E-state index contributed by atoms with van der Waals surface area (Å²) in [6.07, 6.45) is 3.99. The van der Waals surface area contributed by atoms with Crippen molar-refractivity contribution >= 4 is 63.0 Å². The first kappa shape index (κ1) is 28.5. The van der Waals surface area contributed by atoms with Crippen LogP contribution < -0.4 is 26.0 Å². The Labute approximate surface area is 240 Å².